The van der Waals surface area contributed by atoms with Crippen LogP contribution >= 0.6 is 0 Å². The van der Waals surface area contributed by atoms with Crippen LogP contribution in [0.2, 0.25) is 0 Å². The summed E-state index contributed by atoms with van der Waals surface area (Å²) in [5, 5.41) is 9.00. The summed E-state index contributed by atoms with van der Waals surface area (Å²) in [6, 6.07) is 5.73. The number of rotatable bonds is 7. The van der Waals surface area contributed by atoms with Gasteiger partial charge in [-0.2, -0.15) is 0 Å². The van der Waals surface area contributed by atoms with Gasteiger partial charge in [-0.1, -0.05) is 6.92 Å². The Bertz CT molecular complexity index is 451. The summed E-state index contributed by atoms with van der Waals surface area (Å²) >= 11 is 0. The van der Waals surface area contributed by atoms with E-state index in [4.69, 9.17) is 9.84 Å². The van der Waals surface area contributed by atoms with E-state index in [1.807, 2.05) is 13.8 Å². The van der Waals surface area contributed by atoms with Gasteiger partial charge >= 0.3 is 0 Å². The molecule has 1 atom stereocenters. The number of ether oxygens (including phenoxy) is 1. The van der Waals surface area contributed by atoms with Gasteiger partial charge in [-0.25, -0.2) is 13.1 Å². The van der Waals surface area contributed by atoms with Crippen molar-refractivity contribution in [2.24, 2.45) is 0 Å². The highest BCUT2D eigenvalue weighted by Gasteiger charge is 2.18. The summed E-state index contributed by atoms with van der Waals surface area (Å²) in [5.74, 6) is 0.630. The van der Waals surface area contributed by atoms with Crippen LogP contribution in [0, 0.1) is 0 Å². The van der Waals surface area contributed by atoms with E-state index in [2.05, 4.69) is 4.72 Å². The second kappa shape index (κ2) is 6.72. The first-order valence-corrected chi connectivity index (χ1v) is 7.37. The van der Waals surface area contributed by atoms with E-state index in [0.717, 1.165) is 0 Å². The van der Waals surface area contributed by atoms with Crippen molar-refractivity contribution in [3.8, 4) is 5.75 Å². The summed E-state index contributed by atoms with van der Waals surface area (Å²) in [6.45, 7) is 3.99. The fourth-order valence-corrected chi connectivity index (χ4v) is 2.73. The van der Waals surface area contributed by atoms with Crippen LogP contribution < -0.4 is 9.46 Å². The van der Waals surface area contributed by atoms with Crippen molar-refractivity contribution < 1.29 is 18.3 Å². The molecular formula is C12H19NO4S. The lowest BCUT2D eigenvalue weighted by atomic mass is 10.3. The molecule has 0 aromatic heterocycles. The first kappa shape index (κ1) is 14.9. The summed E-state index contributed by atoms with van der Waals surface area (Å²) in [4.78, 5) is 0.165. The van der Waals surface area contributed by atoms with Crippen LogP contribution in [-0.2, 0) is 10.0 Å². The minimum Gasteiger partial charge on any atom is -0.494 e. The average molecular weight is 273 g/mol. The maximum Gasteiger partial charge on any atom is 0.240 e. The number of aliphatic hydroxyl groups excluding tert-OH is 1. The van der Waals surface area contributed by atoms with E-state index >= 15 is 0 Å². The number of hydrogen-bond donors (Lipinski definition) is 2. The molecule has 0 aliphatic carbocycles. The van der Waals surface area contributed by atoms with Crippen LogP contribution in [0.4, 0.5) is 0 Å². The average Bonchev–Trinajstić information content (AvgIpc) is 2.37. The van der Waals surface area contributed by atoms with Gasteiger partial charge in [0.05, 0.1) is 18.1 Å². The third kappa shape index (κ3) is 3.97. The van der Waals surface area contributed by atoms with Gasteiger partial charge in [0.2, 0.25) is 10.0 Å². The Morgan fingerprint density at radius 1 is 1.28 bits per heavy atom. The molecule has 0 aliphatic rings. The highest BCUT2D eigenvalue weighted by atomic mass is 32.2. The molecule has 18 heavy (non-hydrogen) atoms. The second-order valence-electron chi connectivity index (χ2n) is 3.81. The van der Waals surface area contributed by atoms with Crippen LogP contribution in [-0.4, -0.2) is 32.8 Å². The van der Waals surface area contributed by atoms with E-state index in [0.29, 0.717) is 18.8 Å². The summed E-state index contributed by atoms with van der Waals surface area (Å²) < 4.78 is 31.6. The highest BCUT2D eigenvalue weighted by molar-refractivity contribution is 7.89. The van der Waals surface area contributed by atoms with Crippen LogP contribution in [0.15, 0.2) is 29.2 Å². The summed E-state index contributed by atoms with van der Waals surface area (Å²) in [6.07, 6.45) is 0.534. The first-order valence-electron chi connectivity index (χ1n) is 5.89. The van der Waals surface area contributed by atoms with E-state index in [9.17, 15) is 8.42 Å². The Morgan fingerprint density at radius 3 is 2.33 bits per heavy atom. The molecule has 0 saturated carbocycles. The molecule has 5 nitrogen and oxygen atoms in total. The molecule has 0 unspecified atom stereocenters. The Morgan fingerprint density at radius 2 is 1.89 bits per heavy atom. The van der Waals surface area contributed by atoms with Crippen molar-refractivity contribution in [2.45, 2.75) is 31.2 Å². The molecule has 0 fully saturated rings. The van der Waals surface area contributed by atoms with E-state index in [1.165, 1.54) is 12.1 Å². The van der Waals surface area contributed by atoms with E-state index in [-0.39, 0.29) is 11.5 Å². The molecule has 1 aromatic rings. The number of sulfonamides is 1. The van der Waals surface area contributed by atoms with E-state index in [1.54, 1.807) is 12.1 Å². The summed E-state index contributed by atoms with van der Waals surface area (Å²) in [7, 11) is -3.58. The number of aliphatic hydroxyl groups is 1. The zero-order valence-electron chi connectivity index (χ0n) is 10.6. The quantitative estimate of drug-likeness (QED) is 0.781. The lowest BCUT2D eigenvalue weighted by molar-refractivity contribution is 0.254. The Kier molecular flexibility index (Phi) is 5.58. The van der Waals surface area contributed by atoms with Crippen LogP contribution in [0.25, 0.3) is 0 Å². The number of hydrogen-bond acceptors (Lipinski definition) is 4. The van der Waals surface area contributed by atoms with Crippen molar-refractivity contribution in [1.29, 1.82) is 0 Å². The molecule has 0 amide bonds. The minimum atomic E-state index is -3.58. The smallest absolute Gasteiger partial charge is 0.240 e. The maximum atomic E-state index is 12.0. The van der Waals surface area contributed by atoms with Crippen molar-refractivity contribution in [2.75, 3.05) is 13.2 Å². The van der Waals surface area contributed by atoms with E-state index < -0.39 is 16.1 Å². The van der Waals surface area contributed by atoms with Gasteiger partial charge in [-0.05, 0) is 37.6 Å². The zero-order chi connectivity index (χ0) is 13.6. The molecule has 0 spiro atoms. The van der Waals surface area contributed by atoms with Crippen LogP contribution in [0.1, 0.15) is 20.3 Å². The fourth-order valence-electron chi connectivity index (χ4n) is 1.42. The fraction of sp³-hybridized carbons (Fsp3) is 0.500. The standard InChI is InChI=1S/C12H19NO4S/c1-3-10(9-14)13-18(15,16)12-7-5-11(6-8-12)17-4-2/h5-8,10,13-14H,3-4,9H2,1-2H3/t10-/m0/s1. The molecule has 0 radical (unpaired) electrons. The van der Waals surface area contributed by atoms with Gasteiger partial charge in [0.15, 0.2) is 0 Å². The third-order valence-electron chi connectivity index (χ3n) is 2.48. The topological polar surface area (TPSA) is 75.6 Å². The van der Waals surface area contributed by atoms with Gasteiger partial charge < -0.3 is 9.84 Å². The minimum absolute atomic E-state index is 0.165. The molecule has 0 heterocycles. The number of nitrogens with one attached hydrogen (secondary N) is 1. The Labute approximate surface area is 108 Å². The molecule has 1 aromatic carbocycles. The normalized spacial score (nSPS) is 13.3. The summed E-state index contributed by atoms with van der Waals surface area (Å²) in [5.41, 5.74) is 0. The second-order valence-corrected chi connectivity index (χ2v) is 5.53. The van der Waals surface area contributed by atoms with Crippen molar-refractivity contribution in [1.82, 2.24) is 4.72 Å². The Balaban J connectivity index is 2.84. The molecule has 0 aliphatic heterocycles. The van der Waals surface area contributed by atoms with Gasteiger partial charge in [-0.15, -0.1) is 0 Å². The first-order chi connectivity index (χ1) is 8.53. The SMILES string of the molecule is CCOc1ccc(S(=O)(=O)N[C@@H](CC)CO)cc1. The van der Waals surface area contributed by atoms with Gasteiger partial charge in [0, 0.05) is 6.04 Å². The van der Waals surface area contributed by atoms with Gasteiger partial charge in [0.25, 0.3) is 0 Å². The molecule has 2 N–H and O–H groups in total. The van der Waals surface area contributed by atoms with Gasteiger partial charge in [0.1, 0.15) is 5.75 Å². The van der Waals surface area contributed by atoms with Crippen molar-refractivity contribution in [3.05, 3.63) is 24.3 Å². The molecule has 1 rings (SSSR count). The maximum absolute atomic E-state index is 12.0. The predicted molar refractivity (Wildman–Crippen MR) is 69.1 cm³/mol. The zero-order valence-corrected chi connectivity index (χ0v) is 11.4. The molecular weight excluding hydrogens is 254 g/mol. The highest BCUT2D eigenvalue weighted by Crippen LogP contribution is 2.16. The largest absolute Gasteiger partial charge is 0.494 e. The van der Waals surface area contributed by atoms with Crippen molar-refractivity contribution >= 4 is 10.0 Å². The Hall–Kier alpha value is -1.11. The molecule has 0 bridgehead atoms. The lowest BCUT2D eigenvalue weighted by Gasteiger charge is -2.14. The molecule has 0 saturated heterocycles. The van der Waals surface area contributed by atoms with Gasteiger partial charge in [-0.3, -0.25) is 0 Å². The molecule has 102 valence electrons. The number of benzene rings is 1. The van der Waals surface area contributed by atoms with Crippen LogP contribution in [0.5, 0.6) is 5.75 Å². The third-order valence-corrected chi connectivity index (χ3v) is 4.02. The molecule has 6 heteroatoms. The lowest BCUT2D eigenvalue weighted by Crippen LogP contribution is -2.36. The van der Waals surface area contributed by atoms with Crippen molar-refractivity contribution in [3.63, 3.8) is 0 Å². The monoisotopic (exact) mass is 273 g/mol. The predicted octanol–water partition coefficient (Wildman–Crippen LogP) is 1.13. The van der Waals surface area contributed by atoms with Crippen LogP contribution in [0.3, 0.4) is 0 Å².